The Bertz CT molecular complexity index is 1210. The summed E-state index contributed by atoms with van der Waals surface area (Å²) in [5.74, 6) is -0.948. The van der Waals surface area contributed by atoms with E-state index in [-0.39, 0.29) is 18.4 Å². The summed E-state index contributed by atoms with van der Waals surface area (Å²) in [6, 6.07) is 11.7. The predicted octanol–water partition coefficient (Wildman–Crippen LogP) is 4.49. The van der Waals surface area contributed by atoms with Crippen molar-refractivity contribution in [1.29, 1.82) is 0 Å². The van der Waals surface area contributed by atoms with E-state index in [2.05, 4.69) is 4.90 Å². The number of fused-ring (bicyclic) bond motifs is 1. The maximum atomic E-state index is 13.8. The Morgan fingerprint density at radius 3 is 2.55 bits per heavy atom. The molecule has 6 nitrogen and oxygen atoms in total. The highest BCUT2D eigenvalue weighted by molar-refractivity contribution is 5.89. The predicted molar refractivity (Wildman–Crippen MR) is 134 cm³/mol. The van der Waals surface area contributed by atoms with Crippen LogP contribution in [-0.2, 0) is 39.9 Å². The van der Waals surface area contributed by atoms with Gasteiger partial charge in [0.2, 0.25) is 5.91 Å². The van der Waals surface area contributed by atoms with Crippen molar-refractivity contribution in [2.75, 3.05) is 33.3 Å². The lowest BCUT2D eigenvalue weighted by Gasteiger charge is -2.43. The van der Waals surface area contributed by atoms with Crippen LogP contribution in [0.5, 0.6) is 5.75 Å². The Balaban J connectivity index is 1.27. The number of likely N-dealkylation sites (tertiary alicyclic amines) is 1. The lowest BCUT2D eigenvalue weighted by Crippen LogP contribution is -2.54. The first-order valence-corrected chi connectivity index (χ1v) is 13.2. The minimum atomic E-state index is -4.44. The third-order valence-corrected chi connectivity index (χ3v) is 8.46. The number of alkyl halides is 3. The SMILES string of the molecule is COc1ccccc1CCN1CCC2(CC1)OC(=O)C(C)C2C(=O)N1CCc2ccc(C(F)(F)F)cc2C1. The summed E-state index contributed by atoms with van der Waals surface area (Å²) < 4.78 is 51.2. The molecule has 5 rings (SSSR count). The van der Waals surface area contributed by atoms with Gasteiger partial charge in [0.25, 0.3) is 0 Å². The molecule has 0 bridgehead atoms. The van der Waals surface area contributed by atoms with E-state index >= 15 is 0 Å². The van der Waals surface area contributed by atoms with Gasteiger partial charge >= 0.3 is 12.1 Å². The number of carbonyl (C=O) groups is 2. The number of amides is 1. The number of carbonyl (C=O) groups excluding carboxylic acids is 2. The maximum absolute atomic E-state index is 13.8. The summed E-state index contributed by atoms with van der Waals surface area (Å²) in [6.45, 7) is 4.45. The van der Waals surface area contributed by atoms with Crippen LogP contribution in [0.3, 0.4) is 0 Å². The molecule has 2 aromatic carbocycles. The number of esters is 1. The van der Waals surface area contributed by atoms with E-state index in [9.17, 15) is 22.8 Å². The molecule has 9 heteroatoms. The van der Waals surface area contributed by atoms with Crippen LogP contribution < -0.4 is 4.74 Å². The number of hydrogen-bond acceptors (Lipinski definition) is 5. The lowest BCUT2D eigenvalue weighted by molar-refractivity contribution is -0.158. The fourth-order valence-corrected chi connectivity index (χ4v) is 6.26. The first-order valence-electron chi connectivity index (χ1n) is 13.2. The largest absolute Gasteiger partial charge is 0.496 e. The topological polar surface area (TPSA) is 59.1 Å². The van der Waals surface area contributed by atoms with E-state index < -0.39 is 29.2 Å². The molecule has 2 unspecified atom stereocenters. The van der Waals surface area contributed by atoms with Gasteiger partial charge in [0.05, 0.1) is 24.5 Å². The number of hydrogen-bond donors (Lipinski definition) is 0. The summed E-state index contributed by atoms with van der Waals surface area (Å²) in [4.78, 5) is 30.5. The molecule has 2 saturated heterocycles. The van der Waals surface area contributed by atoms with E-state index in [1.165, 1.54) is 6.07 Å². The van der Waals surface area contributed by atoms with E-state index in [0.717, 1.165) is 42.0 Å². The van der Waals surface area contributed by atoms with Gasteiger partial charge in [0.1, 0.15) is 11.4 Å². The second-order valence-corrected chi connectivity index (χ2v) is 10.6. The van der Waals surface area contributed by atoms with Crippen LogP contribution in [0.15, 0.2) is 42.5 Å². The highest BCUT2D eigenvalue weighted by Gasteiger charge is 2.58. The number of para-hydroxylation sites is 1. The molecular formula is C29H33F3N2O4. The molecule has 2 fully saturated rings. The van der Waals surface area contributed by atoms with Gasteiger partial charge in [-0.15, -0.1) is 0 Å². The normalized spacial score (nSPS) is 23.3. The van der Waals surface area contributed by atoms with Crippen molar-refractivity contribution >= 4 is 11.9 Å². The van der Waals surface area contributed by atoms with Crippen molar-refractivity contribution in [1.82, 2.24) is 9.80 Å². The van der Waals surface area contributed by atoms with Gasteiger partial charge in [-0.1, -0.05) is 31.2 Å². The first kappa shape index (κ1) is 26.5. The summed E-state index contributed by atoms with van der Waals surface area (Å²) in [5.41, 5.74) is 0.880. The molecule has 204 valence electrons. The summed E-state index contributed by atoms with van der Waals surface area (Å²) >= 11 is 0. The molecule has 0 radical (unpaired) electrons. The zero-order chi connectivity index (χ0) is 27.1. The third-order valence-electron chi connectivity index (χ3n) is 8.46. The fourth-order valence-electron chi connectivity index (χ4n) is 6.26. The molecule has 1 spiro atoms. The van der Waals surface area contributed by atoms with Gasteiger partial charge < -0.3 is 19.3 Å². The number of benzene rings is 2. The summed E-state index contributed by atoms with van der Waals surface area (Å²) in [5, 5.41) is 0. The highest BCUT2D eigenvalue weighted by atomic mass is 19.4. The highest BCUT2D eigenvalue weighted by Crippen LogP contribution is 2.46. The van der Waals surface area contributed by atoms with E-state index in [0.29, 0.717) is 44.5 Å². The van der Waals surface area contributed by atoms with E-state index in [1.54, 1.807) is 18.9 Å². The number of piperidine rings is 1. The minimum absolute atomic E-state index is 0.108. The second-order valence-electron chi connectivity index (χ2n) is 10.6. The molecule has 0 saturated carbocycles. The van der Waals surface area contributed by atoms with Gasteiger partial charge in [-0.05, 0) is 47.7 Å². The Hall–Kier alpha value is -3.07. The molecule has 38 heavy (non-hydrogen) atoms. The molecule has 0 aromatic heterocycles. The third kappa shape index (κ3) is 5.00. The number of methoxy groups -OCH3 is 1. The van der Waals surface area contributed by atoms with Gasteiger partial charge in [0.15, 0.2) is 0 Å². The van der Waals surface area contributed by atoms with Gasteiger partial charge in [-0.2, -0.15) is 13.2 Å². The van der Waals surface area contributed by atoms with Crippen molar-refractivity contribution in [3.05, 3.63) is 64.7 Å². The Morgan fingerprint density at radius 2 is 1.84 bits per heavy atom. The molecular weight excluding hydrogens is 497 g/mol. The fraction of sp³-hybridized carbons (Fsp3) is 0.517. The standard InChI is InChI=1S/C29H33F3N2O4/c1-19-25(26(35)34-14-10-20-7-8-23(29(30,31)32)17-22(20)18-34)28(38-27(19)36)11-15-33(16-12-28)13-9-21-5-3-4-6-24(21)37-2/h3-8,17,19,25H,9-16,18H2,1-2H3. The second kappa shape index (κ2) is 10.2. The molecule has 3 aliphatic rings. The minimum Gasteiger partial charge on any atom is -0.496 e. The first-order chi connectivity index (χ1) is 18.1. The van der Waals surface area contributed by atoms with Crippen molar-refractivity contribution in [3.63, 3.8) is 0 Å². The van der Waals surface area contributed by atoms with Gasteiger partial charge in [-0.25, -0.2) is 0 Å². The molecule has 3 aliphatic heterocycles. The number of nitrogens with zero attached hydrogens (tertiary/aromatic N) is 2. The van der Waals surface area contributed by atoms with E-state index in [1.807, 2.05) is 24.3 Å². The van der Waals surface area contributed by atoms with Crippen LogP contribution in [0.1, 0.15) is 42.0 Å². The average molecular weight is 531 g/mol. The van der Waals surface area contributed by atoms with E-state index in [4.69, 9.17) is 9.47 Å². The van der Waals surface area contributed by atoms with Gasteiger partial charge in [0, 0.05) is 45.6 Å². The molecule has 0 N–H and O–H groups in total. The molecule has 2 aromatic rings. The summed E-state index contributed by atoms with van der Waals surface area (Å²) in [6.07, 6.45) is -2.03. The maximum Gasteiger partial charge on any atom is 0.416 e. The average Bonchev–Trinajstić information content (AvgIpc) is 3.15. The number of ether oxygens (including phenoxy) is 2. The zero-order valence-electron chi connectivity index (χ0n) is 21.7. The van der Waals surface area contributed by atoms with Crippen LogP contribution in [0.4, 0.5) is 13.2 Å². The quantitative estimate of drug-likeness (QED) is 0.534. The van der Waals surface area contributed by atoms with Crippen LogP contribution >= 0.6 is 0 Å². The van der Waals surface area contributed by atoms with Crippen molar-refractivity contribution < 1.29 is 32.2 Å². The van der Waals surface area contributed by atoms with Crippen LogP contribution in [0.25, 0.3) is 0 Å². The molecule has 1 amide bonds. The molecule has 3 heterocycles. The monoisotopic (exact) mass is 530 g/mol. The lowest BCUT2D eigenvalue weighted by atomic mass is 9.74. The Labute approximate surface area is 220 Å². The summed E-state index contributed by atoms with van der Waals surface area (Å²) in [7, 11) is 1.66. The Kier molecular flexibility index (Phi) is 7.15. The molecule has 2 atom stereocenters. The van der Waals surface area contributed by atoms with Crippen molar-refractivity contribution in [3.8, 4) is 5.75 Å². The Morgan fingerprint density at radius 1 is 1.11 bits per heavy atom. The molecule has 0 aliphatic carbocycles. The number of rotatable bonds is 5. The van der Waals surface area contributed by atoms with Gasteiger partial charge in [-0.3, -0.25) is 9.59 Å². The zero-order valence-corrected chi connectivity index (χ0v) is 21.7. The smallest absolute Gasteiger partial charge is 0.416 e. The van der Waals surface area contributed by atoms with Crippen LogP contribution in [0, 0.1) is 11.8 Å². The van der Waals surface area contributed by atoms with Crippen LogP contribution in [-0.4, -0.2) is 60.6 Å². The van der Waals surface area contributed by atoms with Crippen LogP contribution in [0.2, 0.25) is 0 Å². The van der Waals surface area contributed by atoms with Crippen molar-refractivity contribution in [2.45, 2.75) is 50.9 Å². The van der Waals surface area contributed by atoms with Crippen molar-refractivity contribution in [2.24, 2.45) is 11.8 Å². The number of halogens is 3.